The summed E-state index contributed by atoms with van der Waals surface area (Å²) in [6.45, 7) is 4.32. The molecule has 2 unspecified atom stereocenters. The largest absolute Gasteiger partial charge is 0.372 e. The molecule has 1 heterocycles. The van der Waals surface area contributed by atoms with Gasteiger partial charge < -0.3 is 10.6 Å². The number of nitrogens with two attached hydrogens (primary N) is 1. The Kier molecular flexibility index (Phi) is 5.21. The third-order valence-corrected chi connectivity index (χ3v) is 4.54. The predicted octanol–water partition coefficient (Wildman–Crippen LogP) is 3.71. The fraction of sp³-hybridized carbons (Fsp3) is 0.412. The van der Waals surface area contributed by atoms with E-state index >= 15 is 0 Å². The molecule has 2 aromatic rings. The van der Waals surface area contributed by atoms with Gasteiger partial charge in [0.25, 0.3) is 0 Å². The van der Waals surface area contributed by atoms with Gasteiger partial charge in [0.2, 0.25) is 0 Å². The second-order valence-electron chi connectivity index (χ2n) is 5.59. The van der Waals surface area contributed by atoms with Crippen LogP contribution in [0.15, 0.2) is 41.8 Å². The SMILES string of the molecule is CC(N)Cc1ccc(N(C)C(C)Cc2cccs2)cc1. The molecule has 2 rings (SSSR count). The average molecular weight is 288 g/mol. The van der Waals surface area contributed by atoms with Gasteiger partial charge in [-0.05, 0) is 49.4 Å². The summed E-state index contributed by atoms with van der Waals surface area (Å²) in [7, 11) is 2.17. The van der Waals surface area contributed by atoms with E-state index in [2.05, 4.69) is 60.6 Å². The molecule has 0 aliphatic rings. The summed E-state index contributed by atoms with van der Waals surface area (Å²) in [4.78, 5) is 3.79. The zero-order valence-electron chi connectivity index (χ0n) is 12.5. The molecule has 3 heteroatoms. The van der Waals surface area contributed by atoms with Gasteiger partial charge in [0.1, 0.15) is 0 Å². The lowest BCUT2D eigenvalue weighted by Gasteiger charge is -2.27. The molecule has 0 aliphatic carbocycles. The summed E-state index contributed by atoms with van der Waals surface area (Å²) < 4.78 is 0. The van der Waals surface area contributed by atoms with E-state index in [-0.39, 0.29) is 6.04 Å². The molecule has 0 aliphatic heterocycles. The molecular formula is C17H24N2S. The standard InChI is InChI=1S/C17H24N2S/c1-13(18)11-15-6-8-16(9-7-15)19(3)14(2)12-17-5-4-10-20-17/h4-10,13-14H,11-12,18H2,1-3H3. The molecule has 2 N–H and O–H groups in total. The Morgan fingerprint density at radius 1 is 1.10 bits per heavy atom. The number of nitrogens with zero attached hydrogens (tertiary/aromatic N) is 1. The van der Waals surface area contributed by atoms with Gasteiger partial charge in [-0.3, -0.25) is 0 Å². The van der Waals surface area contributed by atoms with Gasteiger partial charge in [0, 0.05) is 36.1 Å². The highest BCUT2D eigenvalue weighted by Gasteiger charge is 2.11. The topological polar surface area (TPSA) is 29.3 Å². The highest BCUT2D eigenvalue weighted by atomic mass is 32.1. The van der Waals surface area contributed by atoms with E-state index in [0.717, 1.165) is 12.8 Å². The molecule has 108 valence electrons. The Balaban J connectivity index is 1.99. The van der Waals surface area contributed by atoms with Gasteiger partial charge in [-0.15, -0.1) is 11.3 Å². The minimum atomic E-state index is 0.219. The summed E-state index contributed by atoms with van der Waals surface area (Å²) in [5, 5.41) is 2.14. The van der Waals surface area contributed by atoms with Crippen molar-refractivity contribution in [1.29, 1.82) is 0 Å². The van der Waals surface area contributed by atoms with E-state index in [1.54, 1.807) is 0 Å². The lowest BCUT2D eigenvalue weighted by molar-refractivity contribution is 0.687. The maximum Gasteiger partial charge on any atom is 0.0366 e. The fourth-order valence-corrected chi connectivity index (χ4v) is 3.18. The van der Waals surface area contributed by atoms with E-state index in [1.165, 1.54) is 16.1 Å². The van der Waals surface area contributed by atoms with Crippen LogP contribution in [0.2, 0.25) is 0 Å². The number of anilines is 1. The number of hydrogen-bond acceptors (Lipinski definition) is 3. The molecule has 2 atom stereocenters. The number of rotatable bonds is 6. The maximum atomic E-state index is 5.84. The van der Waals surface area contributed by atoms with Crippen LogP contribution in [0, 0.1) is 0 Å². The number of thiophene rings is 1. The average Bonchev–Trinajstić information content (AvgIpc) is 2.91. The molecule has 0 radical (unpaired) electrons. The maximum absolute atomic E-state index is 5.84. The van der Waals surface area contributed by atoms with E-state index in [4.69, 9.17) is 5.73 Å². The second-order valence-corrected chi connectivity index (χ2v) is 6.62. The van der Waals surface area contributed by atoms with E-state index < -0.39 is 0 Å². The Morgan fingerprint density at radius 3 is 2.35 bits per heavy atom. The van der Waals surface area contributed by atoms with Crippen LogP contribution in [0.5, 0.6) is 0 Å². The van der Waals surface area contributed by atoms with E-state index in [1.807, 2.05) is 18.3 Å². The van der Waals surface area contributed by atoms with Crippen LogP contribution in [-0.4, -0.2) is 19.1 Å². The number of benzene rings is 1. The van der Waals surface area contributed by atoms with Crippen molar-refractivity contribution in [2.24, 2.45) is 5.73 Å². The molecule has 2 nitrogen and oxygen atoms in total. The van der Waals surface area contributed by atoms with Gasteiger partial charge in [0.15, 0.2) is 0 Å². The smallest absolute Gasteiger partial charge is 0.0366 e. The van der Waals surface area contributed by atoms with Gasteiger partial charge in [-0.2, -0.15) is 0 Å². The van der Waals surface area contributed by atoms with Crippen LogP contribution in [0.25, 0.3) is 0 Å². The Hall–Kier alpha value is -1.32. The summed E-state index contributed by atoms with van der Waals surface area (Å²) in [6, 6.07) is 13.8. The zero-order valence-corrected chi connectivity index (χ0v) is 13.4. The van der Waals surface area contributed by atoms with Crippen LogP contribution < -0.4 is 10.6 Å². The summed E-state index contributed by atoms with van der Waals surface area (Å²) in [5.74, 6) is 0. The zero-order chi connectivity index (χ0) is 14.5. The third-order valence-electron chi connectivity index (χ3n) is 3.64. The summed E-state index contributed by atoms with van der Waals surface area (Å²) in [6.07, 6.45) is 2.03. The van der Waals surface area contributed by atoms with Crippen molar-refractivity contribution in [3.63, 3.8) is 0 Å². The molecule has 0 spiro atoms. The lowest BCUT2D eigenvalue weighted by atomic mass is 10.1. The van der Waals surface area contributed by atoms with Crippen molar-refractivity contribution in [2.45, 2.75) is 38.8 Å². The molecule has 0 bridgehead atoms. The molecular weight excluding hydrogens is 264 g/mol. The van der Waals surface area contributed by atoms with E-state index in [9.17, 15) is 0 Å². The van der Waals surface area contributed by atoms with Crippen LogP contribution >= 0.6 is 11.3 Å². The van der Waals surface area contributed by atoms with Crippen molar-refractivity contribution in [3.05, 3.63) is 52.2 Å². The molecule has 0 saturated heterocycles. The molecule has 20 heavy (non-hydrogen) atoms. The van der Waals surface area contributed by atoms with Crippen molar-refractivity contribution >= 4 is 17.0 Å². The van der Waals surface area contributed by atoms with Crippen LogP contribution in [0.4, 0.5) is 5.69 Å². The Bertz CT molecular complexity index is 502. The van der Waals surface area contributed by atoms with Gasteiger partial charge in [-0.25, -0.2) is 0 Å². The van der Waals surface area contributed by atoms with E-state index in [0.29, 0.717) is 6.04 Å². The first-order valence-electron chi connectivity index (χ1n) is 7.16. The first-order chi connectivity index (χ1) is 9.56. The predicted molar refractivity (Wildman–Crippen MR) is 89.7 cm³/mol. The van der Waals surface area contributed by atoms with Crippen molar-refractivity contribution in [3.8, 4) is 0 Å². The first-order valence-corrected chi connectivity index (χ1v) is 8.04. The van der Waals surface area contributed by atoms with Crippen molar-refractivity contribution < 1.29 is 0 Å². The highest BCUT2D eigenvalue weighted by molar-refractivity contribution is 7.09. The summed E-state index contributed by atoms with van der Waals surface area (Å²) in [5.41, 5.74) is 8.41. The molecule has 1 aromatic carbocycles. The monoisotopic (exact) mass is 288 g/mol. The lowest BCUT2D eigenvalue weighted by Crippen LogP contribution is -2.30. The van der Waals surface area contributed by atoms with Crippen molar-refractivity contribution in [1.82, 2.24) is 0 Å². The quantitative estimate of drug-likeness (QED) is 0.878. The van der Waals surface area contributed by atoms with Crippen molar-refractivity contribution in [2.75, 3.05) is 11.9 Å². The third kappa shape index (κ3) is 4.09. The normalized spacial score (nSPS) is 14.0. The first kappa shape index (κ1) is 15.1. The van der Waals surface area contributed by atoms with Gasteiger partial charge >= 0.3 is 0 Å². The van der Waals surface area contributed by atoms with Crippen LogP contribution in [-0.2, 0) is 12.8 Å². The van der Waals surface area contributed by atoms with Crippen LogP contribution in [0.3, 0.4) is 0 Å². The number of likely N-dealkylation sites (N-methyl/N-ethyl adjacent to an activating group) is 1. The number of hydrogen-bond donors (Lipinski definition) is 1. The van der Waals surface area contributed by atoms with Crippen LogP contribution in [0.1, 0.15) is 24.3 Å². The molecule has 0 amide bonds. The fourth-order valence-electron chi connectivity index (χ4n) is 2.35. The van der Waals surface area contributed by atoms with Gasteiger partial charge in [0.05, 0.1) is 0 Å². The second kappa shape index (κ2) is 6.91. The molecule has 1 aromatic heterocycles. The molecule has 0 fully saturated rings. The molecule has 0 saturated carbocycles. The Labute approximate surface area is 126 Å². The minimum Gasteiger partial charge on any atom is -0.372 e. The minimum absolute atomic E-state index is 0.219. The Morgan fingerprint density at radius 2 is 1.80 bits per heavy atom. The summed E-state index contributed by atoms with van der Waals surface area (Å²) >= 11 is 1.83. The van der Waals surface area contributed by atoms with Gasteiger partial charge in [-0.1, -0.05) is 18.2 Å². The highest BCUT2D eigenvalue weighted by Crippen LogP contribution is 2.20.